The summed E-state index contributed by atoms with van der Waals surface area (Å²) >= 11 is 0. The Morgan fingerprint density at radius 3 is 2.82 bits per heavy atom. The molecule has 0 unspecified atom stereocenters. The number of para-hydroxylation sites is 1. The maximum absolute atomic E-state index is 12.6. The second kappa shape index (κ2) is 9.13. The normalized spacial score (nSPS) is 14.3. The number of guanidine groups is 1. The Labute approximate surface area is 181 Å². The fourth-order valence-electron chi connectivity index (χ4n) is 3.31. The smallest absolute Gasteiger partial charge is 0.246 e. The van der Waals surface area contributed by atoms with Gasteiger partial charge in [0, 0.05) is 25.8 Å². The Bertz CT molecular complexity index is 888. The number of rotatable bonds is 4. The van der Waals surface area contributed by atoms with Gasteiger partial charge in [-0.05, 0) is 35.7 Å². The van der Waals surface area contributed by atoms with Crippen LogP contribution in [0.25, 0.3) is 0 Å². The molecule has 148 valence electrons. The van der Waals surface area contributed by atoms with Crippen LogP contribution in [0, 0.1) is 0 Å². The molecule has 2 aliphatic rings. The number of fused-ring (bicyclic) bond motifs is 2. The fourth-order valence-corrected chi connectivity index (χ4v) is 3.31. The highest BCUT2D eigenvalue weighted by Gasteiger charge is 2.23. The molecule has 7 nitrogen and oxygen atoms in total. The van der Waals surface area contributed by atoms with Gasteiger partial charge in [0.25, 0.3) is 0 Å². The summed E-state index contributed by atoms with van der Waals surface area (Å²) < 4.78 is 10.7. The maximum atomic E-state index is 12.6. The molecule has 0 atom stereocenters. The first-order valence-corrected chi connectivity index (χ1v) is 8.96. The van der Waals surface area contributed by atoms with Gasteiger partial charge >= 0.3 is 0 Å². The Balaban J connectivity index is 0.00000225. The highest BCUT2D eigenvalue weighted by atomic mass is 127. The highest BCUT2D eigenvalue weighted by molar-refractivity contribution is 14.0. The van der Waals surface area contributed by atoms with Gasteiger partial charge in [-0.3, -0.25) is 9.79 Å². The summed E-state index contributed by atoms with van der Waals surface area (Å²) in [4.78, 5) is 18.6. The molecule has 0 bridgehead atoms. The van der Waals surface area contributed by atoms with Gasteiger partial charge in [0.2, 0.25) is 12.7 Å². The lowest BCUT2D eigenvalue weighted by molar-refractivity contribution is -0.117. The van der Waals surface area contributed by atoms with Crippen LogP contribution in [0.15, 0.2) is 47.5 Å². The number of nitrogens with zero attached hydrogens (tertiary/aromatic N) is 2. The molecule has 1 amide bonds. The first-order chi connectivity index (χ1) is 13.2. The molecule has 2 heterocycles. The van der Waals surface area contributed by atoms with E-state index in [0.29, 0.717) is 12.5 Å². The van der Waals surface area contributed by atoms with Crippen molar-refractivity contribution in [2.45, 2.75) is 13.0 Å². The van der Waals surface area contributed by atoms with Gasteiger partial charge < -0.3 is 25.0 Å². The number of benzene rings is 2. The number of halogens is 1. The van der Waals surface area contributed by atoms with Crippen molar-refractivity contribution in [1.29, 1.82) is 0 Å². The Morgan fingerprint density at radius 1 is 1.14 bits per heavy atom. The number of hydrogen-bond donors (Lipinski definition) is 2. The Kier molecular flexibility index (Phi) is 6.61. The van der Waals surface area contributed by atoms with E-state index in [4.69, 9.17) is 9.47 Å². The molecule has 0 saturated carbocycles. The van der Waals surface area contributed by atoms with E-state index in [1.54, 1.807) is 7.05 Å². The van der Waals surface area contributed by atoms with E-state index in [0.717, 1.165) is 35.7 Å². The SMILES string of the molecule is CN=C(NCC(=O)N1CCc2ccccc21)NCc1ccc2c(c1)OCO2.I. The molecule has 8 heteroatoms. The average Bonchev–Trinajstić information content (AvgIpc) is 3.34. The molecule has 0 fully saturated rings. The molecule has 2 N–H and O–H groups in total. The van der Waals surface area contributed by atoms with Crippen LogP contribution in [0.3, 0.4) is 0 Å². The van der Waals surface area contributed by atoms with Gasteiger partial charge in [0.1, 0.15) is 0 Å². The summed E-state index contributed by atoms with van der Waals surface area (Å²) in [6.07, 6.45) is 0.902. The van der Waals surface area contributed by atoms with Gasteiger partial charge in [-0.25, -0.2) is 0 Å². The third-order valence-electron chi connectivity index (χ3n) is 4.72. The predicted octanol–water partition coefficient (Wildman–Crippen LogP) is 2.29. The molecule has 4 rings (SSSR count). The van der Waals surface area contributed by atoms with Crippen molar-refractivity contribution in [2.75, 3.05) is 31.8 Å². The van der Waals surface area contributed by atoms with Crippen molar-refractivity contribution in [3.63, 3.8) is 0 Å². The highest BCUT2D eigenvalue weighted by Crippen LogP contribution is 2.32. The first-order valence-electron chi connectivity index (χ1n) is 8.96. The molecule has 2 aliphatic heterocycles. The fraction of sp³-hybridized carbons (Fsp3) is 0.300. The van der Waals surface area contributed by atoms with Gasteiger partial charge in [-0.15, -0.1) is 24.0 Å². The minimum absolute atomic E-state index is 0. The lowest BCUT2D eigenvalue weighted by atomic mass is 10.2. The van der Waals surface area contributed by atoms with Crippen LogP contribution in [0.4, 0.5) is 5.69 Å². The van der Waals surface area contributed by atoms with Gasteiger partial charge in [-0.2, -0.15) is 0 Å². The topological polar surface area (TPSA) is 75.2 Å². The van der Waals surface area contributed by atoms with Crippen molar-refractivity contribution in [3.05, 3.63) is 53.6 Å². The number of carbonyl (C=O) groups excluding carboxylic acids is 1. The molecule has 0 spiro atoms. The number of aliphatic imine (C=N–C) groups is 1. The summed E-state index contributed by atoms with van der Waals surface area (Å²) in [5, 5.41) is 6.30. The van der Waals surface area contributed by atoms with Gasteiger partial charge in [-0.1, -0.05) is 24.3 Å². The number of anilines is 1. The maximum Gasteiger partial charge on any atom is 0.246 e. The largest absolute Gasteiger partial charge is 0.454 e. The summed E-state index contributed by atoms with van der Waals surface area (Å²) in [5.74, 6) is 2.12. The summed E-state index contributed by atoms with van der Waals surface area (Å²) in [5.41, 5.74) is 3.27. The summed E-state index contributed by atoms with van der Waals surface area (Å²) in [6.45, 7) is 1.74. The number of amides is 1. The lowest BCUT2D eigenvalue weighted by Gasteiger charge is -2.19. The summed E-state index contributed by atoms with van der Waals surface area (Å²) in [7, 11) is 1.69. The molecule has 0 aliphatic carbocycles. The molecule has 28 heavy (non-hydrogen) atoms. The van der Waals surface area contributed by atoms with Crippen molar-refractivity contribution >= 4 is 41.5 Å². The molecular formula is C20H23IN4O3. The zero-order valence-corrected chi connectivity index (χ0v) is 17.9. The minimum Gasteiger partial charge on any atom is -0.454 e. The van der Waals surface area contributed by atoms with Gasteiger partial charge in [0.15, 0.2) is 17.5 Å². The number of ether oxygens (including phenoxy) is 2. The third kappa shape index (κ3) is 4.32. The van der Waals surface area contributed by atoms with Crippen LogP contribution in [0.1, 0.15) is 11.1 Å². The van der Waals surface area contributed by atoms with Crippen molar-refractivity contribution in [3.8, 4) is 11.5 Å². The van der Waals surface area contributed by atoms with Crippen LogP contribution in [-0.2, 0) is 17.8 Å². The van der Waals surface area contributed by atoms with Crippen LogP contribution in [-0.4, -0.2) is 38.8 Å². The second-order valence-electron chi connectivity index (χ2n) is 6.39. The monoisotopic (exact) mass is 494 g/mol. The Hall–Kier alpha value is -2.49. The van der Waals surface area contributed by atoms with E-state index < -0.39 is 0 Å². The predicted molar refractivity (Wildman–Crippen MR) is 119 cm³/mol. The van der Waals surface area contributed by atoms with E-state index in [1.165, 1.54) is 5.56 Å². The van der Waals surface area contributed by atoms with E-state index in [-0.39, 0.29) is 43.2 Å². The molecular weight excluding hydrogens is 471 g/mol. The zero-order valence-electron chi connectivity index (χ0n) is 15.6. The number of carbonyl (C=O) groups is 1. The molecule has 0 radical (unpaired) electrons. The van der Waals surface area contributed by atoms with Crippen LogP contribution >= 0.6 is 24.0 Å². The van der Waals surface area contributed by atoms with Crippen LogP contribution in [0.2, 0.25) is 0 Å². The summed E-state index contributed by atoms with van der Waals surface area (Å²) in [6, 6.07) is 13.8. The molecule has 2 aromatic rings. The van der Waals surface area contributed by atoms with Crippen molar-refractivity contribution in [1.82, 2.24) is 10.6 Å². The minimum atomic E-state index is 0. The second-order valence-corrected chi connectivity index (χ2v) is 6.39. The number of nitrogens with one attached hydrogen (secondary N) is 2. The lowest BCUT2D eigenvalue weighted by Crippen LogP contribution is -2.44. The van der Waals surface area contributed by atoms with E-state index in [9.17, 15) is 4.79 Å². The average molecular weight is 494 g/mol. The zero-order chi connectivity index (χ0) is 18.6. The molecule has 0 saturated heterocycles. The molecule has 2 aromatic carbocycles. The Morgan fingerprint density at radius 2 is 1.96 bits per heavy atom. The van der Waals surface area contributed by atoms with E-state index in [2.05, 4.69) is 21.7 Å². The van der Waals surface area contributed by atoms with Crippen molar-refractivity contribution in [2.24, 2.45) is 4.99 Å². The molecule has 0 aromatic heterocycles. The van der Waals surface area contributed by atoms with Crippen LogP contribution in [0.5, 0.6) is 11.5 Å². The van der Waals surface area contributed by atoms with Crippen LogP contribution < -0.4 is 25.0 Å². The van der Waals surface area contributed by atoms with Gasteiger partial charge in [0.05, 0.1) is 6.54 Å². The standard InChI is InChI=1S/C20H22N4O3.HI/c1-21-20(22-11-14-6-7-17-18(10-14)27-13-26-17)23-12-19(25)24-9-8-15-4-2-3-5-16(15)24;/h2-7,10H,8-9,11-13H2,1H3,(H2,21,22,23);1H. The van der Waals surface area contributed by atoms with E-state index in [1.807, 2.05) is 41.3 Å². The van der Waals surface area contributed by atoms with Crippen molar-refractivity contribution < 1.29 is 14.3 Å². The first kappa shape index (κ1) is 20.2. The number of hydrogen-bond acceptors (Lipinski definition) is 4. The third-order valence-corrected chi connectivity index (χ3v) is 4.72. The quantitative estimate of drug-likeness (QED) is 0.388. The van der Waals surface area contributed by atoms with E-state index >= 15 is 0 Å².